The molecule has 3 rings (SSSR count). The van der Waals surface area contributed by atoms with Crippen molar-refractivity contribution in [3.05, 3.63) is 48.0 Å². The third-order valence-corrected chi connectivity index (χ3v) is 3.96. The monoisotopic (exact) mass is 325 g/mol. The highest BCUT2D eigenvalue weighted by atomic mass is 15.3. The quantitative estimate of drug-likeness (QED) is 0.552. The second-order valence-corrected chi connectivity index (χ2v) is 5.57. The summed E-state index contributed by atoms with van der Waals surface area (Å²) in [6, 6.07) is 10.1. The highest BCUT2D eigenvalue weighted by Gasteiger charge is 2.08. The second kappa shape index (κ2) is 7.16. The first-order chi connectivity index (χ1) is 11.7. The summed E-state index contributed by atoms with van der Waals surface area (Å²) >= 11 is 0. The van der Waals surface area contributed by atoms with Crippen molar-refractivity contribution in [3.8, 4) is 0 Å². The molecule has 126 valence electrons. The van der Waals surface area contributed by atoms with Gasteiger partial charge >= 0.3 is 0 Å². The third-order valence-electron chi connectivity index (χ3n) is 3.96. The lowest BCUT2D eigenvalue weighted by Gasteiger charge is -2.11. The van der Waals surface area contributed by atoms with Crippen LogP contribution in [0.5, 0.6) is 0 Å². The van der Waals surface area contributed by atoms with Crippen molar-refractivity contribution in [3.63, 3.8) is 0 Å². The molecule has 0 radical (unpaired) electrons. The van der Waals surface area contributed by atoms with Gasteiger partial charge in [0.2, 0.25) is 0 Å². The Hall–Kier alpha value is -2.83. The molecule has 2 heterocycles. The van der Waals surface area contributed by atoms with Gasteiger partial charge in [0.05, 0.1) is 29.8 Å². The third kappa shape index (κ3) is 3.40. The first-order valence-corrected chi connectivity index (χ1v) is 8.08. The van der Waals surface area contributed by atoms with E-state index in [1.54, 1.807) is 6.20 Å². The smallest absolute Gasteiger partial charge is 0.192 e. The van der Waals surface area contributed by atoms with Gasteiger partial charge in [-0.15, -0.1) is 0 Å². The van der Waals surface area contributed by atoms with Crippen LogP contribution < -0.4 is 10.6 Å². The molecular formula is C17H23N7. The van der Waals surface area contributed by atoms with E-state index >= 15 is 0 Å². The van der Waals surface area contributed by atoms with Crippen LogP contribution in [0.4, 0.5) is 0 Å². The summed E-state index contributed by atoms with van der Waals surface area (Å²) in [5.74, 6) is 1.74. The number of rotatable bonds is 5. The maximum atomic E-state index is 4.67. The molecule has 0 unspecified atom stereocenters. The highest BCUT2D eigenvalue weighted by molar-refractivity contribution is 5.80. The van der Waals surface area contributed by atoms with Gasteiger partial charge in [-0.2, -0.15) is 5.10 Å². The van der Waals surface area contributed by atoms with E-state index in [2.05, 4.69) is 43.3 Å². The van der Waals surface area contributed by atoms with Crippen molar-refractivity contribution in [2.45, 2.75) is 20.0 Å². The van der Waals surface area contributed by atoms with E-state index in [9.17, 15) is 0 Å². The van der Waals surface area contributed by atoms with E-state index in [1.165, 1.54) is 0 Å². The summed E-state index contributed by atoms with van der Waals surface area (Å²) < 4.78 is 3.94. The molecular weight excluding hydrogens is 302 g/mol. The topological polar surface area (TPSA) is 72.1 Å². The number of hydrogen-bond donors (Lipinski definition) is 2. The Labute approximate surface area is 141 Å². The summed E-state index contributed by atoms with van der Waals surface area (Å²) in [4.78, 5) is 9.28. The van der Waals surface area contributed by atoms with Gasteiger partial charge in [0.25, 0.3) is 0 Å². The Morgan fingerprint density at radius 1 is 1.17 bits per heavy atom. The lowest BCUT2D eigenvalue weighted by atomic mass is 10.3. The summed E-state index contributed by atoms with van der Waals surface area (Å²) in [5, 5.41) is 10.8. The van der Waals surface area contributed by atoms with Gasteiger partial charge in [0.1, 0.15) is 5.82 Å². The Bertz CT molecular complexity index is 844. The Morgan fingerprint density at radius 2 is 2.00 bits per heavy atom. The van der Waals surface area contributed by atoms with E-state index in [-0.39, 0.29) is 0 Å². The molecule has 3 aromatic rings. The van der Waals surface area contributed by atoms with E-state index in [4.69, 9.17) is 0 Å². The average Bonchev–Trinajstić information content (AvgIpc) is 3.14. The van der Waals surface area contributed by atoms with Gasteiger partial charge in [-0.05, 0) is 25.1 Å². The minimum Gasteiger partial charge on any atom is -0.357 e. The number of para-hydroxylation sites is 2. The van der Waals surface area contributed by atoms with Gasteiger partial charge in [-0.3, -0.25) is 4.68 Å². The van der Waals surface area contributed by atoms with Crippen LogP contribution in [0.15, 0.2) is 41.5 Å². The molecule has 0 bridgehead atoms. The molecule has 0 fully saturated rings. The molecule has 0 aliphatic carbocycles. The molecule has 2 aromatic heterocycles. The largest absolute Gasteiger partial charge is 0.357 e. The predicted octanol–water partition coefficient (Wildman–Crippen LogP) is 1.56. The van der Waals surface area contributed by atoms with Crippen molar-refractivity contribution in [2.24, 2.45) is 19.1 Å². The molecule has 24 heavy (non-hydrogen) atoms. The minimum absolute atomic E-state index is 0.578. The van der Waals surface area contributed by atoms with Gasteiger partial charge in [0.15, 0.2) is 5.96 Å². The minimum atomic E-state index is 0.578. The first kappa shape index (κ1) is 16.0. The zero-order valence-electron chi connectivity index (χ0n) is 14.3. The van der Waals surface area contributed by atoms with Gasteiger partial charge in [0, 0.05) is 26.8 Å². The number of nitrogens with zero attached hydrogens (tertiary/aromatic N) is 5. The fourth-order valence-electron chi connectivity index (χ4n) is 2.57. The summed E-state index contributed by atoms with van der Waals surface area (Å²) in [6.45, 7) is 4.05. The number of fused-ring (bicyclic) bond motifs is 1. The Kier molecular flexibility index (Phi) is 4.79. The molecule has 0 aliphatic rings. The number of guanidine groups is 1. The molecule has 0 spiro atoms. The Morgan fingerprint density at radius 3 is 2.71 bits per heavy atom. The normalized spacial score (nSPS) is 11.9. The van der Waals surface area contributed by atoms with Crippen molar-refractivity contribution in [1.29, 1.82) is 0 Å². The Balaban J connectivity index is 1.71. The number of imidazole rings is 1. The summed E-state index contributed by atoms with van der Waals surface area (Å²) in [5.41, 5.74) is 3.20. The van der Waals surface area contributed by atoms with Crippen molar-refractivity contribution in [1.82, 2.24) is 30.0 Å². The molecule has 0 saturated carbocycles. The molecule has 0 aliphatic heterocycles. The number of aryl methyl sites for hydroxylation is 2. The molecule has 0 atom stereocenters. The maximum absolute atomic E-state index is 4.67. The lowest BCUT2D eigenvalue weighted by Crippen LogP contribution is -2.37. The van der Waals surface area contributed by atoms with Crippen LogP contribution in [-0.4, -0.2) is 31.8 Å². The van der Waals surface area contributed by atoms with Gasteiger partial charge in [-0.1, -0.05) is 12.1 Å². The second-order valence-electron chi connectivity index (χ2n) is 5.57. The number of aliphatic imine (C=N–C) groups is 1. The molecule has 1 aromatic carbocycles. The standard InChI is InChI=1S/C17H23N7/c1-4-18-17(19-11-13-9-10-21-24(13)3)20-12-16-22-14-7-5-6-8-15(14)23(16)2/h5-10H,4,11-12H2,1-3H3,(H2,18,19,20). The summed E-state index contributed by atoms with van der Waals surface area (Å²) in [7, 11) is 3.96. The van der Waals surface area contributed by atoms with E-state index < -0.39 is 0 Å². The molecule has 0 amide bonds. The predicted molar refractivity (Wildman–Crippen MR) is 95.6 cm³/mol. The van der Waals surface area contributed by atoms with Gasteiger partial charge < -0.3 is 15.2 Å². The zero-order valence-corrected chi connectivity index (χ0v) is 14.3. The van der Waals surface area contributed by atoms with Gasteiger partial charge in [-0.25, -0.2) is 9.98 Å². The lowest BCUT2D eigenvalue weighted by molar-refractivity contribution is 0.702. The van der Waals surface area contributed by atoms with Crippen LogP contribution in [0, 0.1) is 0 Å². The fraction of sp³-hybridized carbons (Fsp3) is 0.353. The number of benzene rings is 1. The zero-order chi connectivity index (χ0) is 16.9. The first-order valence-electron chi connectivity index (χ1n) is 8.08. The van der Waals surface area contributed by atoms with Crippen LogP contribution in [-0.2, 0) is 27.2 Å². The SMILES string of the molecule is CCNC(=NCc1ccnn1C)NCc1nc2ccccc2n1C. The number of hydrogen-bond acceptors (Lipinski definition) is 3. The molecule has 7 nitrogen and oxygen atoms in total. The average molecular weight is 325 g/mol. The fourth-order valence-corrected chi connectivity index (χ4v) is 2.57. The van der Waals surface area contributed by atoms with Crippen LogP contribution in [0.1, 0.15) is 18.4 Å². The highest BCUT2D eigenvalue weighted by Crippen LogP contribution is 2.13. The van der Waals surface area contributed by atoms with Crippen LogP contribution in [0.25, 0.3) is 11.0 Å². The van der Waals surface area contributed by atoms with Crippen molar-refractivity contribution < 1.29 is 0 Å². The van der Waals surface area contributed by atoms with Crippen LogP contribution in [0.3, 0.4) is 0 Å². The van der Waals surface area contributed by atoms with E-state index in [1.807, 2.05) is 43.0 Å². The maximum Gasteiger partial charge on any atom is 0.192 e. The molecule has 7 heteroatoms. The van der Waals surface area contributed by atoms with E-state index in [0.717, 1.165) is 35.1 Å². The van der Waals surface area contributed by atoms with Crippen LogP contribution >= 0.6 is 0 Å². The molecule has 2 N–H and O–H groups in total. The van der Waals surface area contributed by atoms with Crippen molar-refractivity contribution in [2.75, 3.05) is 6.54 Å². The summed E-state index contributed by atoms with van der Waals surface area (Å²) in [6.07, 6.45) is 1.78. The number of nitrogens with one attached hydrogen (secondary N) is 2. The van der Waals surface area contributed by atoms with Crippen molar-refractivity contribution >= 4 is 17.0 Å². The van der Waals surface area contributed by atoms with E-state index in [0.29, 0.717) is 13.1 Å². The molecule has 0 saturated heterocycles. The number of aromatic nitrogens is 4. The van der Waals surface area contributed by atoms with Crippen LogP contribution in [0.2, 0.25) is 0 Å².